The fourth-order valence-electron chi connectivity index (χ4n) is 1.78. The number of hydrogen-bond acceptors (Lipinski definition) is 4. The van der Waals surface area contributed by atoms with Crippen LogP contribution in [0.15, 0.2) is 42.2 Å². The fraction of sp³-hybridized carbons (Fsp3) is 0.133. The van der Waals surface area contributed by atoms with E-state index in [0.717, 1.165) is 10.9 Å². The number of methoxy groups -OCH3 is 1. The van der Waals surface area contributed by atoms with Gasteiger partial charge in [-0.3, -0.25) is 9.78 Å². The lowest BCUT2D eigenvalue weighted by Gasteiger charge is -2.06. The zero-order valence-electron chi connectivity index (χ0n) is 11.2. The molecule has 0 saturated carbocycles. The summed E-state index contributed by atoms with van der Waals surface area (Å²) in [6.07, 6.45) is 3.17. The van der Waals surface area contributed by atoms with E-state index in [1.165, 1.54) is 20.1 Å². The first-order valence-electron chi connectivity index (χ1n) is 6.02. The molecule has 102 valence electrons. The van der Waals surface area contributed by atoms with Crippen molar-refractivity contribution < 1.29 is 14.3 Å². The summed E-state index contributed by atoms with van der Waals surface area (Å²) in [5, 5.41) is 3.40. The number of esters is 1. The molecule has 1 N–H and O–H groups in total. The molecule has 1 aromatic carbocycles. The first-order chi connectivity index (χ1) is 9.60. The standard InChI is InChI=1S/C15H14N2O3/c1-10(18)17-14(15(19)20-2)8-11-7-12-5-3-4-6-13(12)16-9-11/h3-9H,1-2H3,(H,17,18)/b14-8+. The van der Waals surface area contributed by atoms with Crippen molar-refractivity contribution >= 4 is 28.9 Å². The van der Waals surface area contributed by atoms with Crippen LogP contribution in [0.4, 0.5) is 0 Å². The van der Waals surface area contributed by atoms with Gasteiger partial charge in [0.2, 0.25) is 5.91 Å². The molecular formula is C15H14N2O3. The zero-order valence-corrected chi connectivity index (χ0v) is 11.2. The number of carbonyl (C=O) groups excluding carboxylic acids is 2. The average molecular weight is 270 g/mol. The number of nitrogens with zero attached hydrogens (tertiary/aromatic N) is 1. The van der Waals surface area contributed by atoms with Crippen LogP contribution in [0, 0.1) is 0 Å². The molecule has 0 spiro atoms. The van der Waals surface area contributed by atoms with Crippen molar-refractivity contribution in [2.75, 3.05) is 7.11 Å². The molecule has 0 bridgehead atoms. The van der Waals surface area contributed by atoms with Crippen molar-refractivity contribution in [2.24, 2.45) is 0 Å². The quantitative estimate of drug-likeness (QED) is 0.683. The predicted octanol–water partition coefficient (Wildman–Crippen LogP) is 1.88. The maximum atomic E-state index is 11.6. The van der Waals surface area contributed by atoms with Gasteiger partial charge in [-0.05, 0) is 23.8 Å². The molecule has 0 aliphatic rings. The molecule has 0 radical (unpaired) electrons. The second-order valence-electron chi connectivity index (χ2n) is 4.19. The van der Waals surface area contributed by atoms with Crippen molar-refractivity contribution in [3.63, 3.8) is 0 Å². The summed E-state index contributed by atoms with van der Waals surface area (Å²) in [4.78, 5) is 27.0. The number of pyridine rings is 1. The summed E-state index contributed by atoms with van der Waals surface area (Å²) in [5.41, 5.74) is 1.65. The van der Waals surface area contributed by atoms with E-state index < -0.39 is 5.97 Å². The van der Waals surface area contributed by atoms with Crippen molar-refractivity contribution in [1.82, 2.24) is 10.3 Å². The topological polar surface area (TPSA) is 68.3 Å². The van der Waals surface area contributed by atoms with Crippen LogP contribution in [0.5, 0.6) is 0 Å². The van der Waals surface area contributed by atoms with Gasteiger partial charge in [-0.25, -0.2) is 4.79 Å². The third-order valence-corrected chi connectivity index (χ3v) is 2.64. The van der Waals surface area contributed by atoms with Crippen LogP contribution in [0.3, 0.4) is 0 Å². The molecule has 1 heterocycles. The van der Waals surface area contributed by atoms with Gasteiger partial charge in [0.1, 0.15) is 5.70 Å². The molecule has 1 aromatic heterocycles. The number of amides is 1. The lowest BCUT2D eigenvalue weighted by Crippen LogP contribution is -2.25. The number of aromatic nitrogens is 1. The van der Waals surface area contributed by atoms with Crippen molar-refractivity contribution in [3.05, 3.63) is 47.8 Å². The van der Waals surface area contributed by atoms with Crippen molar-refractivity contribution in [2.45, 2.75) is 6.92 Å². The van der Waals surface area contributed by atoms with E-state index in [-0.39, 0.29) is 11.6 Å². The predicted molar refractivity (Wildman–Crippen MR) is 75.6 cm³/mol. The minimum Gasteiger partial charge on any atom is -0.464 e. The van der Waals surface area contributed by atoms with Gasteiger partial charge in [-0.1, -0.05) is 18.2 Å². The van der Waals surface area contributed by atoms with Crippen LogP contribution in [0.2, 0.25) is 0 Å². The molecule has 20 heavy (non-hydrogen) atoms. The molecular weight excluding hydrogens is 256 g/mol. The molecule has 5 heteroatoms. The third-order valence-electron chi connectivity index (χ3n) is 2.64. The third kappa shape index (κ3) is 3.20. The number of fused-ring (bicyclic) bond motifs is 1. The number of benzene rings is 1. The van der Waals surface area contributed by atoms with Gasteiger partial charge in [-0.15, -0.1) is 0 Å². The molecule has 0 atom stereocenters. The van der Waals surface area contributed by atoms with E-state index in [9.17, 15) is 9.59 Å². The number of ether oxygens (including phenoxy) is 1. The second-order valence-corrected chi connectivity index (χ2v) is 4.19. The minimum absolute atomic E-state index is 0.0806. The molecule has 2 rings (SSSR count). The maximum absolute atomic E-state index is 11.6. The van der Waals surface area contributed by atoms with E-state index in [2.05, 4.69) is 15.0 Å². The maximum Gasteiger partial charge on any atom is 0.354 e. The van der Waals surface area contributed by atoms with Crippen LogP contribution in [0.1, 0.15) is 12.5 Å². The Morgan fingerprint density at radius 2 is 2.05 bits per heavy atom. The minimum atomic E-state index is -0.603. The second kappa shape index (κ2) is 5.97. The van der Waals surface area contributed by atoms with E-state index >= 15 is 0 Å². The van der Waals surface area contributed by atoms with Gasteiger partial charge in [0.05, 0.1) is 12.6 Å². The molecule has 0 fully saturated rings. The summed E-state index contributed by atoms with van der Waals surface area (Å²) in [5.74, 6) is -0.941. The van der Waals surface area contributed by atoms with E-state index in [0.29, 0.717) is 5.56 Å². The lowest BCUT2D eigenvalue weighted by molar-refractivity contribution is -0.137. The summed E-state index contributed by atoms with van der Waals surface area (Å²) < 4.78 is 4.63. The van der Waals surface area contributed by atoms with Gasteiger partial charge in [0.25, 0.3) is 0 Å². The Labute approximate surface area is 116 Å². The monoisotopic (exact) mass is 270 g/mol. The van der Waals surface area contributed by atoms with E-state index in [1.54, 1.807) is 6.20 Å². The molecule has 0 saturated heterocycles. The van der Waals surface area contributed by atoms with Gasteiger partial charge in [-0.2, -0.15) is 0 Å². The Kier molecular flexibility index (Phi) is 4.10. The van der Waals surface area contributed by atoms with Gasteiger partial charge in [0.15, 0.2) is 0 Å². The van der Waals surface area contributed by atoms with Gasteiger partial charge in [0, 0.05) is 18.5 Å². The Morgan fingerprint density at radius 3 is 2.75 bits per heavy atom. The summed E-state index contributed by atoms with van der Waals surface area (Å²) >= 11 is 0. The normalized spacial score (nSPS) is 11.2. The molecule has 0 aliphatic carbocycles. The molecule has 1 amide bonds. The van der Waals surface area contributed by atoms with Crippen LogP contribution >= 0.6 is 0 Å². The molecule has 2 aromatic rings. The highest BCUT2D eigenvalue weighted by atomic mass is 16.5. The lowest BCUT2D eigenvalue weighted by atomic mass is 10.1. The van der Waals surface area contributed by atoms with Crippen LogP contribution in [0.25, 0.3) is 17.0 Å². The number of nitrogens with one attached hydrogen (secondary N) is 1. The highest BCUT2D eigenvalue weighted by Crippen LogP contribution is 2.14. The fourth-order valence-corrected chi connectivity index (χ4v) is 1.78. The van der Waals surface area contributed by atoms with E-state index in [4.69, 9.17) is 0 Å². The molecule has 0 unspecified atom stereocenters. The number of hydrogen-bond donors (Lipinski definition) is 1. The van der Waals surface area contributed by atoms with E-state index in [1.807, 2.05) is 30.3 Å². The zero-order chi connectivity index (χ0) is 14.5. The van der Waals surface area contributed by atoms with Gasteiger partial charge < -0.3 is 10.1 Å². The smallest absolute Gasteiger partial charge is 0.354 e. The summed E-state index contributed by atoms with van der Waals surface area (Å²) in [7, 11) is 1.26. The van der Waals surface area contributed by atoms with Crippen LogP contribution in [-0.2, 0) is 14.3 Å². The number of rotatable bonds is 3. The van der Waals surface area contributed by atoms with Crippen molar-refractivity contribution in [1.29, 1.82) is 0 Å². The Balaban J connectivity index is 2.41. The Hall–Kier alpha value is -2.69. The average Bonchev–Trinajstić information content (AvgIpc) is 2.45. The highest BCUT2D eigenvalue weighted by molar-refractivity contribution is 5.97. The van der Waals surface area contributed by atoms with Crippen LogP contribution in [-0.4, -0.2) is 24.0 Å². The molecule has 0 aliphatic heterocycles. The van der Waals surface area contributed by atoms with Gasteiger partial charge >= 0.3 is 5.97 Å². The number of carbonyl (C=O) groups is 2. The largest absolute Gasteiger partial charge is 0.464 e. The highest BCUT2D eigenvalue weighted by Gasteiger charge is 2.11. The number of para-hydroxylation sites is 1. The SMILES string of the molecule is COC(=O)/C(=C\c1cnc2ccccc2c1)NC(C)=O. The first kappa shape index (κ1) is 13.7. The molecule has 5 nitrogen and oxygen atoms in total. The Morgan fingerprint density at radius 1 is 1.30 bits per heavy atom. The van der Waals surface area contributed by atoms with Crippen molar-refractivity contribution in [3.8, 4) is 0 Å². The summed E-state index contributed by atoms with van der Waals surface area (Å²) in [6, 6.07) is 9.52. The summed E-state index contributed by atoms with van der Waals surface area (Å²) in [6.45, 7) is 1.33. The van der Waals surface area contributed by atoms with Crippen LogP contribution < -0.4 is 5.32 Å². The Bertz CT molecular complexity index is 692. The first-order valence-corrected chi connectivity index (χ1v) is 6.02.